The molecule has 1 atom stereocenters. The highest BCUT2D eigenvalue weighted by Gasteiger charge is 2.39. The van der Waals surface area contributed by atoms with Gasteiger partial charge < -0.3 is 14.3 Å². The van der Waals surface area contributed by atoms with E-state index in [1.165, 1.54) is 0 Å². The van der Waals surface area contributed by atoms with Crippen LogP contribution in [0.2, 0.25) is 0 Å². The van der Waals surface area contributed by atoms with Gasteiger partial charge in [0.2, 0.25) is 17.7 Å². The Balaban J connectivity index is 1.66. The molecular formula is C13H18N4O3. The smallest absolute Gasteiger partial charge is 0.245 e. The molecule has 20 heavy (non-hydrogen) atoms. The minimum absolute atomic E-state index is 0.0598. The zero-order chi connectivity index (χ0) is 14.1. The summed E-state index contributed by atoms with van der Waals surface area (Å²) >= 11 is 0. The fraction of sp³-hybridized carbons (Fsp3) is 0.692. The van der Waals surface area contributed by atoms with Crippen LogP contribution in [0.25, 0.3) is 0 Å². The quantitative estimate of drug-likeness (QED) is 0.786. The van der Waals surface area contributed by atoms with E-state index in [9.17, 15) is 9.59 Å². The average molecular weight is 278 g/mol. The summed E-state index contributed by atoms with van der Waals surface area (Å²) in [5.41, 5.74) is 0. The Morgan fingerprint density at radius 3 is 2.95 bits per heavy atom. The minimum Gasteiger partial charge on any atom is -0.340 e. The lowest BCUT2D eigenvalue weighted by molar-refractivity contribution is -0.139. The summed E-state index contributed by atoms with van der Waals surface area (Å²) < 4.78 is 5.05. The van der Waals surface area contributed by atoms with Gasteiger partial charge in [0.1, 0.15) is 6.04 Å². The first-order valence-electron chi connectivity index (χ1n) is 7.02. The van der Waals surface area contributed by atoms with Gasteiger partial charge in [-0.1, -0.05) is 5.16 Å². The molecule has 0 N–H and O–H groups in total. The second-order valence-electron chi connectivity index (χ2n) is 5.31. The molecule has 0 aromatic carbocycles. The molecule has 0 bridgehead atoms. The molecular weight excluding hydrogens is 260 g/mol. The van der Waals surface area contributed by atoms with Gasteiger partial charge in [-0.05, 0) is 19.8 Å². The van der Waals surface area contributed by atoms with Gasteiger partial charge >= 0.3 is 0 Å². The third-order valence-electron chi connectivity index (χ3n) is 3.93. The average Bonchev–Trinajstić information content (AvgIpc) is 3.04. The van der Waals surface area contributed by atoms with Crippen LogP contribution in [0.1, 0.15) is 31.0 Å². The molecule has 1 aromatic heterocycles. The lowest BCUT2D eigenvalue weighted by Crippen LogP contribution is -2.44. The van der Waals surface area contributed by atoms with Gasteiger partial charge in [0.15, 0.2) is 5.82 Å². The van der Waals surface area contributed by atoms with Crippen molar-refractivity contribution in [3.05, 3.63) is 11.7 Å². The highest BCUT2D eigenvalue weighted by atomic mass is 16.5. The lowest BCUT2D eigenvalue weighted by Gasteiger charge is -2.24. The highest BCUT2D eigenvalue weighted by molar-refractivity contribution is 5.90. The second kappa shape index (κ2) is 5.22. The number of aromatic nitrogens is 2. The SMILES string of the molecule is Cc1noc(CCN2CCC(=O)N3CCCC3C2=O)n1. The van der Waals surface area contributed by atoms with Gasteiger partial charge in [-0.25, -0.2) is 0 Å². The van der Waals surface area contributed by atoms with Crippen LogP contribution in [0.5, 0.6) is 0 Å². The van der Waals surface area contributed by atoms with Crippen LogP contribution in [0.15, 0.2) is 4.52 Å². The molecule has 2 aliphatic heterocycles. The van der Waals surface area contributed by atoms with Gasteiger partial charge in [0, 0.05) is 32.5 Å². The Labute approximate surface area is 116 Å². The highest BCUT2D eigenvalue weighted by Crippen LogP contribution is 2.23. The van der Waals surface area contributed by atoms with Crippen LogP contribution < -0.4 is 0 Å². The Bertz CT molecular complexity index is 527. The maximum absolute atomic E-state index is 12.5. The first kappa shape index (κ1) is 13.1. The van der Waals surface area contributed by atoms with Crippen molar-refractivity contribution in [2.45, 2.75) is 38.6 Å². The van der Waals surface area contributed by atoms with Crippen molar-refractivity contribution in [1.29, 1.82) is 0 Å². The van der Waals surface area contributed by atoms with Gasteiger partial charge in [-0.2, -0.15) is 4.98 Å². The summed E-state index contributed by atoms with van der Waals surface area (Å²) in [7, 11) is 0. The summed E-state index contributed by atoms with van der Waals surface area (Å²) in [6, 6.07) is -0.255. The molecule has 1 aromatic rings. The van der Waals surface area contributed by atoms with Crippen molar-refractivity contribution in [3.63, 3.8) is 0 Å². The molecule has 0 radical (unpaired) electrons. The standard InChI is InChI=1S/C13H18N4O3/c1-9-14-11(20-15-9)4-7-16-8-5-12(18)17-6-2-3-10(17)13(16)19/h10H,2-8H2,1H3. The van der Waals surface area contributed by atoms with Crippen LogP contribution in [-0.4, -0.2) is 57.4 Å². The molecule has 7 heteroatoms. The van der Waals surface area contributed by atoms with Gasteiger partial charge in [-0.3, -0.25) is 9.59 Å². The fourth-order valence-electron chi connectivity index (χ4n) is 2.91. The maximum atomic E-state index is 12.5. The molecule has 3 heterocycles. The zero-order valence-electron chi connectivity index (χ0n) is 11.5. The molecule has 2 saturated heterocycles. The number of nitrogens with zero attached hydrogens (tertiary/aromatic N) is 4. The number of amides is 2. The molecule has 2 aliphatic rings. The van der Waals surface area contributed by atoms with Crippen LogP contribution in [0.4, 0.5) is 0 Å². The van der Waals surface area contributed by atoms with Gasteiger partial charge in [0.05, 0.1) is 0 Å². The Morgan fingerprint density at radius 2 is 2.20 bits per heavy atom. The van der Waals surface area contributed by atoms with E-state index in [1.54, 1.807) is 16.7 Å². The molecule has 0 saturated carbocycles. The number of rotatable bonds is 3. The van der Waals surface area contributed by atoms with Crippen LogP contribution in [0, 0.1) is 6.92 Å². The lowest BCUT2D eigenvalue weighted by atomic mass is 10.2. The molecule has 108 valence electrons. The first-order valence-corrected chi connectivity index (χ1v) is 7.02. The second-order valence-corrected chi connectivity index (χ2v) is 5.31. The molecule has 7 nitrogen and oxygen atoms in total. The molecule has 0 spiro atoms. The number of hydrogen-bond acceptors (Lipinski definition) is 5. The fourth-order valence-corrected chi connectivity index (χ4v) is 2.91. The maximum Gasteiger partial charge on any atom is 0.245 e. The number of fused-ring (bicyclic) bond motifs is 1. The topological polar surface area (TPSA) is 79.5 Å². The molecule has 3 rings (SSSR count). The Kier molecular flexibility index (Phi) is 3.42. The largest absolute Gasteiger partial charge is 0.340 e. The van der Waals surface area contributed by atoms with E-state index in [-0.39, 0.29) is 17.9 Å². The Hall–Kier alpha value is -1.92. The summed E-state index contributed by atoms with van der Waals surface area (Å²) in [6.45, 7) is 3.49. The van der Waals surface area contributed by atoms with Crippen molar-refractivity contribution in [2.75, 3.05) is 19.6 Å². The van der Waals surface area contributed by atoms with Crippen LogP contribution >= 0.6 is 0 Å². The zero-order valence-corrected chi connectivity index (χ0v) is 11.5. The Morgan fingerprint density at radius 1 is 1.35 bits per heavy atom. The summed E-state index contributed by atoms with van der Waals surface area (Å²) in [5.74, 6) is 1.29. The summed E-state index contributed by atoms with van der Waals surface area (Å²) in [6.07, 6.45) is 2.64. The van der Waals surface area contributed by atoms with Gasteiger partial charge in [-0.15, -0.1) is 0 Å². The van der Waals surface area contributed by atoms with E-state index < -0.39 is 0 Å². The van der Waals surface area contributed by atoms with Crippen molar-refractivity contribution >= 4 is 11.8 Å². The molecule has 2 amide bonds. The third kappa shape index (κ3) is 2.39. The first-order chi connectivity index (χ1) is 9.65. The molecule has 2 fully saturated rings. The van der Waals surface area contributed by atoms with E-state index in [1.807, 2.05) is 0 Å². The molecule has 0 aliphatic carbocycles. The third-order valence-corrected chi connectivity index (χ3v) is 3.93. The van der Waals surface area contributed by atoms with E-state index in [4.69, 9.17) is 4.52 Å². The summed E-state index contributed by atoms with van der Waals surface area (Å²) in [4.78, 5) is 32.1. The van der Waals surface area contributed by atoms with Crippen molar-refractivity contribution in [2.24, 2.45) is 0 Å². The predicted molar refractivity (Wildman–Crippen MR) is 68.7 cm³/mol. The minimum atomic E-state index is -0.255. The van der Waals surface area contributed by atoms with Crippen LogP contribution in [-0.2, 0) is 16.0 Å². The predicted octanol–water partition coefficient (Wildman–Crippen LogP) is 0.144. The summed E-state index contributed by atoms with van der Waals surface area (Å²) in [5, 5.41) is 3.73. The molecule has 1 unspecified atom stereocenters. The van der Waals surface area contributed by atoms with E-state index in [2.05, 4.69) is 10.1 Å². The van der Waals surface area contributed by atoms with Gasteiger partial charge in [0.25, 0.3) is 0 Å². The van der Waals surface area contributed by atoms with Crippen molar-refractivity contribution in [3.8, 4) is 0 Å². The normalized spacial score (nSPS) is 23.1. The number of carbonyl (C=O) groups excluding carboxylic acids is 2. The number of carbonyl (C=O) groups is 2. The van der Waals surface area contributed by atoms with Crippen molar-refractivity contribution in [1.82, 2.24) is 19.9 Å². The van der Waals surface area contributed by atoms with Crippen molar-refractivity contribution < 1.29 is 14.1 Å². The van der Waals surface area contributed by atoms with E-state index in [0.29, 0.717) is 44.2 Å². The monoisotopic (exact) mass is 278 g/mol. The van der Waals surface area contributed by atoms with Crippen LogP contribution in [0.3, 0.4) is 0 Å². The van der Waals surface area contributed by atoms with E-state index >= 15 is 0 Å². The van der Waals surface area contributed by atoms with E-state index in [0.717, 1.165) is 12.8 Å². The number of hydrogen-bond donors (Lipinski definition) is 0. The number of aryl methyl sites for hydroxylation is 1.